The lowest BCUT2D eigenvalue weighted by molar-refractivity contribution is -0.127. The van der Waals surface area contributed by atoms with Crippen molar-refractivity contribution in [1.29, 1.82) is 0 Å². The molecule has 1 aliphatic carbocycles. The average Bonchev–Trinajstić information content (AvgIpc) is 2.33. The topological polar surface area (TPSA) is 37.4 Å². The van der Waals surface area contributed by atoms with Gasteiger partial charge in [0.05, 0.1) is 11.8 Å². The van der Waals surface area contributed by atoms with E-state index in [4.69, 9.17) is 11.6 Å². The summed E-state index contributed by atoms with van der Waals surface area (Å²) in [5.41, 5.74) is 2.44. The number of rotatable bonds is 2. The maximum absolute atomic E-state index is 12.1. The zero-order valence-corrected chi connectivity index (χ0v) is 11.6. The summed E-state index contributed by atoms with van der Waals surface area (Å²) >= 11 is 6.47. The summed E-state index contributed by atoms with van der Waals surface area (Å²) in [5.74, 6) is 0.162. The van der Waals surface area contributed by atoms with E-state index >= 15 is 0 Å². The summed E-state index contributed by atoms with van der Waals surface area (Å²) in [4.78, 5) is 24.9. The number of carbonyl (C=O) groups is 2. The molecule has 0 N–H and O–H groups in total. The fourth-order valence-electron chi connectivity index (χ4n) is 2.70. The van der Waals surface area contributed by atoms with Crippen LogP contribution in [0.1, 0.15) is 46.1 Å². The molecule has 1 fully saturated rings. The normalized spacial score (nSPS) is 21.1. The van der Waals surface area contributed by atoms with Gasteiger partial charge in [-0.3, -0.25) is 14.5 Å². The Labute approximate surface area is 117 Å². The lowest BCUT2D eigenvalue weighted by Crippen LogP contribution is -2.39. The van der Waals surface area contributed by atoms with Gasteiger partial charge >= 0.3 is 0 Å². The maximum atomic E-state index is 12.1. The van der Waals surface area contributed by atoms with Crippen LogP contribution in [0.15, 0.2) is 18.2 Å². The van der Waals surface area contributed by atoms with E-state index in [9.17, 15) is 9.59 Å². The highest BCUT2D eigenvalue weighted by molar-refractivity contribution is 6.21. The second-order valence-electron chi connectivity index (χ2n) is 5.44. The molecular formula is C15H16ClNO2. The highest BCUT2D eigenvalue weighted by Gasteiger charge is 2.31. The molecule has 1 aliphatic heterocycles. The van der Waals surface area contributed by atoms with Crippen LogP contribution in [-0.2, 0) is 11.2 Å². The predicted octanol–water partition coefficient (Wildman–Crippen LogP) is 2.92. The van der Waals surface area contributed by atoms with Crippen LogP contribution in [0.2, 0.25) is 0 Å². The zero-order chi connectivity index (χ0) is 13.6. The number of nitrogens with zero attached hydrogens (tertiary/aromatic N) is 1. The van der Waals surface area contributed by atoms with Gasteiger partial charge in [0.1, 0.15) is 0 Å². The standard InChI is InChI=1S/C15H16ClNO2/c1-17-13(18)8-10-5-6-11(7-12(10)15(17)19)14(16)9-3-2-4-9/h5-7,9,14H,2-4,8H2,1H3. The number of imide groups is 1. The number of benzene rings is 1. The van der Waals surface area contributed by atoms with Crippen molar-refractivity contribution >= 4 is 23.4 Å². The van der Waals surface area contributed by atoms with E-state index in [1.807, 2.05) is 18.2 Å². The minimum atomic E-state index is -0.217. The van der Waals surface area contributed by atoms with Crippen LogP contribution < -0.4 is 0 Å². The van der Waals surface area contributed by atoms with Crippen molar-refractivity contribution in [3.8, 4) is 0 Å². The van der Waals surface area contributed by atoms with Gasteiger partial charge in [-0.05, 0) is 36.0 Å². The fourth-order valence-corrected chi connectivity index (χ4v) is 3.09. The maximum Gasteiger partial charge on any atom is 0.260 e. The molecule has 2 amide bonds. The fraction of sp³-hybridized carbons (Fsp3) is 0.467. The minimum absolute atomic E-state index is 0.0187. The Bertz CT molecular complexity index is 551. The minimum Gasteiger partial charge on any atom is -0.281 e. The van der Waals surface area contributed by atoms with Crippen LogP contribution in [0.5, 0.6) is 0 Å². The quantitative estimate of drug-likeness (QED) is 0.616. The van der Waals surface area contributed by atoms with Crippen molar-refractivity contribution < 1.29 is 9.59 Å². The summed E-state index contributed by atoms with van der Waals surface area (Å²) in [5, 5.41) is -0.0187. The van der Waals surface area contributed by atoms with Crippen LogP contribution in [0.25, 0.3) is 0 Å². The third-order valence-electron chi connectivity index (χ3n) is 4.27. The first-order valence-electron chi connectivity index (χ1n) is 6.65. The van der Waals surface area contributed by atoms with Crippen molar-refractivity contribution in [3.05, 3.63) is 34.9 Å². The molecule has 19 heavy (non-hydrogen) atoms. The van der Waals surface area contributed by atoms with Gasteiger partial charge in [0.15, 0.2) is 0 Å². The molecule has 100 valence electrons. The number of carbonyl (C=O) groups excluding carboxylic acids is 2. The van der Waals surface area contributed by atoms with Gasteiger partial charge in [-0.2, -0.15) is 0 Å². The van der Waals surface area contributed by atoms with E-state index in [1.54, 1.807) is 0 Å². The number of amides is 2. The number of likely N-dealkylation sites (N-methyl/N-ethyl adjacent to an activating group) is 1. The summed E-state index contributed by atoms with van der Waals surface area (Å²) in [6, 6.07) is 5.71. The van der Waals surface area contributed by atoms with Crippen LogP contribution in [0, 0.1) is 5.92 Å². The molecule has 4 heteroatoms. The highest BCUT2D eigenvalue weighted by atomic mass is 35.5. The number of alkyl halides is 1. The first-order valence-corrected chi connectivity index (χ1v) is 7.09. The summed E-state index contributed by atoms with van der Waals surface area (Å²) in [6.07, 6.45) is 3.87. The Hall–Kier alpha value is -1.35. The molecule has 0 spiro atoms. The first-order chi connectivity index (χ1) is 9.08. The molecule has 0 radical (unpaired) electrons. The number of halogens is 1. The van der Waals surface area contributed by atoms with Gasteiger partial charge in [0, 0.05) is 12.6 Å². The SMILES string of the molecule is CN1C(=O)Cc2ccc(C(Cl)C3CCC3)cc2C1=O. The van der Waals surface area contributed by atoms with E-state index in [-0.39, 0.29) is 17.2 Å². The number of fused-ring (bicyclic) bond motifs is 1. The van der Waals surface area contributed by atoms with Crippen molar-refractivity contribution in [2.75, 3.05) is 7.05 Å². The van der Waals surface area contributed by atoms with Crippen molar-refractivity contribution in [2.24, 2.45) is 5.92 Å². The van der Waals surface area contributed by atoms with E-state index in [2.05, 4.69) is 0 Å². The Kier molecular flexibility index (Phi) is 3.09. The largest absolute Gasteiger partial charge is 0.281 e. The second-order valence-corrected chi connectivity index (χ2v) is 5.91. The van der Waals surface area contributed by atoms with Gasteiger partial charge in [-0.25, -0.2) is 0 Å². The summed E-state index contributed by atoms with van der Waals surface area (Å²) in [6.45, 7) is 0. The molecule has 3 rings (SSSR count). The Morgan fingerprint density at radius 2 is 2.05 bits per heavy atom. The van der Waals surface area contributed by atoms with Gasteiger partial charge in [-0.15, -0.1) is 11.6 Å². The monoisotopic (exact) mass is 277 g/mol. The number of hydrogen-bond acceptors (Lipinski definition) is 2. The van der Waals surface area contributed by atoms with Crippen molar-refractivity contribution in [2.45, 2.75) is 31.1 Å². The summed E-state index contributed by atoms with van der Waals surface area (Å²) < 4.78 is 0. The molecule has 1 unspecified atom stereocenters. The number of hydrogen-bond donors (Lipinski definition) is 0. The first kappa shape index (κ1) is 12.7. The van der Waals surface area contributed by atoms with Crippen molar-refractivity contribution in [1.82, 2.24) is 4.90 Å². The lowest BCUT2D eigenvalue weighted by atomic mass is 9.80. The Balaban J connectivity index is 1.94. The zero-order valence-electron chi connectivity index (χ0n) is 10.9. The molecule has 0 saturated heterocycles. The highest BCUT2D eigenvalue weighted by Crippen LogP contribution is 2.42. The Morgan fingerprint density at radius 1 is 1.32 bits per heavy atom. The smallest absolute Gasteiger partial charge is 0.260 e. The molecule has 1 atom stereocenters. The molecule has 3 nitrogen and oxygen atoms in total. The predicted molar refractivity (Wildman–Crippen MR) is 73.2 cm³/mol. The lowest BCUT2D eigenvalue weighted by Gasteiger charge is -2.31. The van der Waals surface area contributed by atoms with Crippen LogP contribution >= 0.6 is 11.6 Å². The van der Waals surface area contributed by atoms with Gasteiger partial charge in [0.2, 0.25) is 5.91 Å². The van der Waals surface area contributed by atoms with Crippen LogP contribution in [0.3, 0.4) is 0 Å². The summed E-state index contributed by atoms with van der Waals surface area (Å²) in [7, 11) is 1.53. The van der Waals surface area contributed by atoms with Gasteiger partial charge < -0.3 is 0 Å². The Morgan fingerprint density at radius 3 is 2.68 bits per heavy atom. The van der Waals surface area contributed by atoms with Crippen molar-refractivity contribution in [3.63, 3.8) is 0 Å². The molecule has 0 aromatic heterocycles. The third-order valence-corrected chi connectivity index (χ3v) is 4.88. The average molecular weight is 278 g/mol. The molecular weight excluding hydrogens is 262 g/mol. The molecule has 2 aliphatic rings. The van der Waals surface area contributed by atoms with Gasteiger partial charge in [-0.1, -0.05) is 18.6 Å². The van der Waals surface area contributed by atoms with E-state index in [0.29, 0.717) is 17.9 Å². The molecule has 1 heterocycles. The van der Waals surface area contributed by atoms with Crippen LogP contribution in [0.4, 0.5) is 0 Å². The van der Waals surface area contributed by atoms with E-state index in [0.717, 1.165) is 24.0 Å². The molecule has 1 aromatic rings. The molecule has 1 aromatic carbocycles. The van der Waals surface area contributed by atoms with E-state index < -0.39 is 0 Å². The van der Waals surface area contributed by atoms with Crippen LogP contribution in [-0.4, -0.2) is 23.8 Å². The van der Waals surface area contributed by atoms with Gasteiger partial charge in [0.25, 0.3) is 5.91 Å². The molecule has 1 saturated carbocycles. The van der Waals surface area contributed by atoms with E-state index in [1.165, 1.54) is 18.4 Å². The molecule has 0 bridgehead atoms. The second kappa shape index (κ2) is 4.64. The third kappa shape index (κ3) is 2.06.